The molecule has 0 aromatic carbocycles. The summed E-state index contributed by atoms with van der Waals surface area (Å²) >= 11 is 0. The van der Waals surface area contributed by atoms with Gasteiger partial charge in [0.05, 0.1) is 13.2 Å². The summed E-state index contributed by atoms with van der Waals surface area (Å²) in [6, 6.07) is 0. The summed E-state index contributed by atoms with van der Waals surface area (Å²) in [4.78, 5) is 29.1. The lowest BCUT2D eigenvalue weighted by Gasteiger charge is -2.27. The van der Waals surface area contributed by atoms with E-state index in [0.29, 0.717) is 31.7 Å². The van der Waals surface area contributed by atoms with Crippen LogP contribution in [-0.4, -0.2) is 61.4 Å². The fourth-order valence-corrected chi connectivity index (χ4v) is 3.08. The van der Waals surface area contributed by atoms with Crippen LogP contribution in [0.5, 0.6) is 0 Å². The molecule has 1 aliphatic heterocycles. The van der Waals surface area contributed by atoms with Gasteiger partial charge in [-0.3, -0.25) is 9.69 Å². The Morgan fingerprint density at radius 3 is 2.59 bits per heavy atom. The zero-order valence-corrected chi connectivity index (χ0v) is 12.9. The van der Waals surface area contributed by atoms with Crippen LogP contribution in [0.2, 0.25) is 0 Å². The molecule has 0 spiro atoms. The molecule has 1 aliphatic carbocycles. The minimum Gasteiger partial charge on any atom is -0.379 e. The van der Waals surface area contributed by atoms with E-state index >= 15 is 0 Å². The van der Waals surface area contributed by atoms with Crippen LogP contribution in [0.15, 0.2) is 0 Å². The van der Waals surface area contributed by atoms with Crippen molar-refractivity contribution < 1.29 is 19.5 Å². The normalized spacial score (nSPS) is 26.4. The molecule has 1 saturated heterocycles. The van der Waals surface area contributed by atoms with Crippen LogP contribution in [0.25, 0.3) is 0 Å². The van der Waals surface area contributed by atoms with E-state index in [-0.39, 0.29) is 12.0 Å². The van der Waals surface area contributed by atoms with Crippen molar-refractivity contribution in [3.05, 3.63) is 10.1 Å². The molecular formula is C14H25N3O5. The maximum atomic E-state index is 11.9. The highest BCUT2D eigenvalue weighted by Gasteiger charge is 2.25. The maximum Gasteiger partial charge on any atom is 0.294 e. The first-order chi connectivity index (χ1) is 10.6. The van der Waals surface area contributed by atoms with Gasteiger partial charge in [-0.1, -0.05) is 0 Å². The molecule has 1 N–H and O–H groups in total. The van der Waals surface area contributed by atoms with Gasteiger partial charge in [-0.15, -0.1) is 10.1 Å². The lowest BCUT2D eigenvalue weighted by atomic mass is 9.85. The molecule has 0 atom stereocenters. The Balaban J connectivity index is 1.54. The Morgan fingerprint density at radius 2 is 1.95 bits per heavy atom. The highest BCUT2D eigenvalue weighted by atomic mass is 17.0. The van der Waals surface area contributed by atoms with Gasteiger partial charge in [0.25, 0.3) is 5.09 Å². The quantitative estimate of drug-likeness (QED) is 0.546. The second-order valence-electron chi connectivity index (χ2n) is 5.98. The number of ether oxygens (including phenoxy) is 1. The van der Waals surface area contributed by atoms with Gasteiger partial charge in [-0.2, -0.15) is 0 Å². The third-order valence-electron chi connectivity index (χ3n) is 4.36. The van der Waals surface area contributed by atoms with E-state index in [2.05, 4.69) is 15.1 Å². The van der Waals surface area contributed by atoms with Crippen molar-refractivity contribution in [3.63, 3.8) is 0 Å². The zero-order valence-electron chi connectivity index (χ0n) is 12.9. The second kappa shape index (κ2) is 8.89. The average molecular weight is 315 g/mol. The van der Waals surface area contributed by atoms with Gasteiger partial charge >= 0.3 is 0 Å². The maximum absolute atomic E-state index is 11.9. The van der Waals surface area contributed by atoms with Crippen molar-refractivity contribution >= 4 is 5.91 Å². The van der Waals surface area contributed by atoms with E-state index in [9.17, 15) is 14.9 Å². The average Bonchev–Trinajstić information content (AvgIpc) is 2.50. The Bertz CT molecular complexity index is 365. The minimum absolute atomic E-state index is 0.0758. The SMILES string of the molecule is O=C(CC1CCC(O[N+](=O)[O-])CC1)NCCN1CCOCC1. The summed E-state index contributed by atoms with van der Waals surface area (Å²) in [7, 11) is 0. The van der Waals surface area contributed by atoms with Crippen LogP contribution in [-0.2, 0) is 14.4 Å². The van der Waals surface area contributed by atoms with Gasteiger partial charge in [0.15, 0.2) is 0 Å². The van der Waals surface area contributed by atoms with Crippen molar-refractivity contribution in [2.45, 2.75) is 38.2 Å². The van der Waals surface area contributed by atoms with Gasteiger partial charge in [-0.25, -0.2) is 0 Å². The highest BCUT2D eigenvalue weighted by Crippen LogP contribution is 2.28. The van der Waals surface area contributed by atoms with Gasteiger partial charge in [0.2, 0.25) is 5.91 Å². The number of carbonyl (C=O) groups is 1. The summed E-state index contributed by atoms with van der Waals surface area (Å²) in [5, 5.41) is 12.5. The third-order valence-corrected chi connectivity index (χ3v) is 4.36. The fourth-order valence-electron chi connectivity index (χ4n) is 3.08. The lowest BCUT2D eigenvalue weighted by Crippen LogP contribution is -2.41. The van der Waals surface area contributed by atoms with E-state index in [0.717, 1.165) is 45.7 Å². The smallest absolute Gasteiger partial charge is 0.294 e. The number of rotatable bonds is 7. The minimum atomic E-state index is -0.719. The van der Waals surface area contributed by atoms with Crippen molar-refractivity contribution in [1.82, 2.24) is 10.2 Å². The number of carbonyl (C=O) groups excluding carboxylic acids is 1. The Hall–Kier alpha value is -1.41. The van der Waals surface area contributed by atoms with Gasteiger partial charge < -0.3 is 14.9 Å². The molecular weight excluding hydrogens is 290 g/mol. The van der Waals surface area contributed by atoms with Gasteiger partial charge in [-0.05, 0) is 31.6 Å². The monoisotopic (exact) mass is 315 g/mol. The molecule has 0 bridgehead atoms. The Kier molecular flexibility index (Phi) is 6.85. The molecule has 2 rings (SSSR count). The summed E-state index contributed by atoms with van der Waals surface area (Å²) in [5.41, 5.74) is 0. The summed E-state index contributed by atoms with van der Waals surface area (Å²) in [5.74, 6) is 0.391. The molecule has 8 heteroatoms. The first kappa shape index (κ1) is 17.0. The molecule has 2 fully saturated rings. The largest absolute Gasteiger partial charge is 0.379 e. The fraction of sp³-hybridized carbons (Fsp3) is 0.929. The molecule has 2 aliphatic rings. The molecule has 126 valence electrons. The molecule has 0 unspecified atom stereocenters. The zero-order chi connectivity index (χ0) is 15.8. The number of morpholine rings is 1. The second-order valence-corrected chi connectivity index (χ2v) is 5.98. The molecule has 0 radical (unpaired) electrons. The first-order valence-corrected chi connectivity index (χ1v) is 8.01. The summed E-state index contributed by atoms with van der Waals surface area (Å²) in [6.07, 6.45) is 3.16. The van der Waals surface area contributed by atoms with Gasteiger partial charge in [0.1, 0.15) is 6.10 Å². The van der Waals surface area contributed by atoms with E-state index < -0.39 is 5.09 Å². The van der Waals surface area contributed by atoms with E-state index in [1.54, 1.807) is 0 Å². The standard InChI is InChI=1S/C14H25N3O5/c18-14(15-5-6-16-7-9-21-10-8-16)11-12-1-3-13(4-2-12)22-17(19)20/h12-13H,1-11H2,(H,15,18). The van der Waals surface area contributed by atoms with Crippen LogP contribution in [0.3, 0.4) is 0 Å². The number of nitrogens with one attached hydrogen (secondary N) is 1. The topological polar surface area (TPSA) is 93.9 Å². The highest BCUT2D eigenvalue weighted by molar-refractivity contribution is 5.76. The molecule has 22 heavy (non-hydrogen) atoms. The third kappa shape index (κ3) is 6.15. The van der Waals surface area contributed by atoms with Crippen LogP contribution in [0.1, 0.15) is 32.1 Å². The van der Waals surface area contributed by atoms with E-state index in [1.807, 2.05) is 0 Å². The molecule has 1 amide bonds. The Labute approximate surface area is 130 Å². The number of amides is 1. The van der Waals surface area contributed by atoms with E-state index in [1.165, 1.54) is 0 Å². The lowest BCUT2D eigenvalue weighted by molar-refractivity contribution is -0.769. The van der Waals surface area contributed by atoms with Crippen molar-refractivity contribution in [2.24, 2.45) is 5.92 Å². The number of hydrogen-bond acceptors (Lipinski definition) is 6. The number of nitrogens with zero attached hydrogens (tertiary/aromatic N) is 2. The molecule has 1 heterocycles. The summed E-state index contributed by atoms with van der Waals surface area (Å²) < 4.78 is 5.28. The van der Waals surface area contributed by atoms with Crippen molar-refractivity contribution in [3.8, 4) is 0 Å². The van der Waals surface area contributed by atoms with Crippen LogP contribution in [0, 0.1) is 16.0 Å². The van der Waals surface area contributed by atoms with Crippen LogP contribution in [0.4, 0.5) is 0 Å². The van der Waals surface area contributed by atoms with Crippen LogP contribution >= 0.6 is 0 Å². The predicted molar refractivity (Wildman–Crippen MR) is 78.7 cm³/mol. The summed E-state index contributed by atoms with van der Waals surface area (Å²) in [6.45, 7) is 4.91. The Morgan fingerprint density at radius 1 is 1.27 bits per heavy atom. The predicted octanol–water partition coefficient (Wildman–Crippen LogP) is 0.592. The van der Waals surface area contributed by atoms with Gasteiger partial charge in [0, 0.05) is 32.6 Å². The first-order valence-electron chi connectivity index (χ1n) is 8.01. The number of hydrogen-bond donors (Lipinski definition) is 1. The van der Waals surface area contributed by atoms with Crippen molar-refractivity contribution in [2.75, 3.05) is 39.4 Å². The molecule has 0 aromatic rings. The molecule has 8 nitrogen and oxygen atoms in total. The molecule has 0 aromatic heterocycles. The van der Waals surface area contributed by atoms with E-state index in [4.69, 9.17) is 4.74 Å². The van der Waals surface area contributed by atoms with Crippen LogP contribution < -0.4 is 5.32 Å². The molecule has 1 saturated carbocycles. The van der Waals surface area contributed by atoms with Crippen molar-refractivity contribution in [1.29, 1.82) is 0 Å².